The van der Waals surface area contributed by atoms with Crippen LogP contribution in [0.25, 0.3) is 21.7 Å². The number of fused-ring (bicyclic) bond motifs is 4. The number of hydrogen-bond acceptors (Lipinski definition) is 3. The average molecular weight is 443 g/mol. The van der Waals surface area contributed by atoms with E-state index in [-0.39, 0.29) is 11.3 Å². The van der Waals surface area contributed by atoms with Crippen LogP contribution in [0.1, 0.15) is 27.8 Å². The van der Waals surface area contributed by atoms with Gasteiger partial charge in [-0.15, -0.1) is 0 Å². The molecule has 0 bridgehead atoms. The van der Waals surface area contributed by atoms with E-state index < -0.39 is 23.2 Å². The Morgan fingerprint density at radius 2 is 1.84 bits per heavy atom. The van der Waals surface area contributed by atoms with E-state index >= 15 is 0 Å². The highest BCUT2D eigenvalue weighted by molar-refractivity contribution is 6.35. The zero-order valence-corrected chi connectivity index (χ0v) is 17.1. The van der Waals surface area contributed by atoms with Crippen LogP contribution in [0.4, 0.5) is 8.78 Å². The number of carbonyl (C=O) groups is 1. The fourth-order valence-electron chi connectivity index (χ4n) is 4.24. The molecule has 9 heteroatoms. The summed E-state index contributed by atoms with van der Waals surface area (Å²) in [6.07, 6.45) is 0. The number of likely N-dealkylation sites (N-methyl/N-ethyl adjacent to an activating group) is 1. The minimum absolute atomic E-state index is 0.0443. The molecule has 6 nitrogen and oxygen atoms in total. The van der Waals surface area contributed by atoms with Crippen molar-refractivity contribution in [3.8, 4) is 0 Å². The highest BCUT2D eigenvalue weighted by atomic mass is 35.5. The zero-order valence-electron chi connectivity index (χ0n) is 16.4. The van der Waals surface area contributed by atoms with Crippen molar-refractivity contribution >= 4 is 39.2 Å². The topological polar surface area (TPSA) is 81.0 Å². The molecular formula is C22H17ClF2N4O2. The van der Waals surface area contributed by atoms with Crippen molar-refractivity contribution < 1.29 is 13.6 Å². The number of pyridine rings is 1. The molecule has 1 aliphatic rings. The monoisotopic (exact) mass is 442 g/mol. The number of rotatable bonds is 2. The maximum atomic E-state index is 14.1. The van der Waals surface area contributed by atoms with Crippen LogP contribution < -0.4 is 10.9 Å². The Hall–Kier alpha value is -3.23. The van der Waals surface area contributed by atoms with Gasteiger partial charge in [0, 0.05) is 47.3 Å². The van der Waals surface area contributed by atoms with E-state index in [4.69, 9.17) is 11.6 Å². The summed E-state index contributed by atoms with van der Waals surface area (Å²) in [6, 6.07) is 8.45. The largest absolute Gasteiger partial charge is 0.350 e. The number of benzene rings is 2. The van der Waals surface area contributed by atoms with Gasteiger partial charge in [0.25, 0.3) is 11.5 Å². The molecule has 3 N–H and O–H groups in total. The molecule has 0 aliphatic carbocycles. The Kier molecular flexibility index (Phi) is 4.56. The maximum Gasteiger partial charge on any atom is 0.270 e. The zero-order chi connectivity index (χ0) is 21.9. The number of amides is 1. The standard InChI is InChI=1S/C22H17ClF2N4O2/c1-29(22(31)17-7-12-13(23)3-2-4-16(12)27-17)19-9-26-8-18-20(19)10-5-14(24)15(25)6-11(10)21(30)28-18/h2-7,19,26-27H,8-9H2,1H3,(H,28,30). The molecule has 5 rings (SSSR count). The van der Waals surface area contributed by atoms with Crippen LogP contribution in [-0.4, -0.2) is 34.4 Å². The van der Waals surface area contributed by atoms with Crippen LogP contribution in [-0.2, 0) is 6.54 Å². The predicted octanol–water partition coefficient (Wildman–Crippen LogP) is 3.86. The highest BCUT2D eigenvalue weighted by Gasteiger charge is 2.31. The first-order valence-corrected chi connectivity index (χ1v) is 10.0. The third-order valence-corrected chi connectivity index (χ3v) is 6.12. The Bertz CT molecular complexity index is 1430. The summed E-state index contributed by atoms with van der Waals surface area (Å²) in [6.45, 7) is 0.733. The predicted molar refractivity (Wildman–Crippen MR) is 114 cm³/mol. The van der Waals surface area contributed by atoms with Gasteiger partial charge in [-0.25, -0.2) is 8.78 Å². The number of halogens is 3. The third-order valence-electron chi connectivity index (χ3n) is 5.79. The summed E-state index contributed by atoms with van der Waals surface area (Å²) in [5.74, 6) is -2.44. The van der Waals surface area contributed by atoms with Crippen LogP contribution >= 0.6 is 11.6 Å². The van der Waals surface area contributed by atoms with Crippen molar-refractivity contribution in [2.24, 2.45) is 0 Å². The Morgan fingerprint density at radius 1 is 1.10 bits per heavy atom. The summed E-state index contributed by atoms with van der Waals surface area (Å²) < 4.78 is 27.8. The van der Waals surface area contributed by atoms with Crippen LogP contribution in [0.2, 0.25) is 5.02 Å². The SMILES string of the molecule is CN(C(=O)c1cc2c(Cl)cccc2[nH]1)C1CNCc2[nH]c(=O)c3cc(F)c(F)cc3c21. The molecule has 31 heavy (non-hydrogen) atoms. The fourth-order valence-corrected chi connectivity index (χ4v) is 4.47. The molecule has 0 spiro atoms. The second-order valence-electron chi connectivity index (χ2n) is 7.61. The Morgan fingerprint density at radius 3 is 2.58 bits per heavy atom. The lowest BCUT2D eigenvalue weighted by Crippen LogP contribution is -2.42. The van der Waals surface area contributed by atoms with E-state index in [0.717, 1.165) is 23.0 Å². The van der Waals surface area contributed by atoms with E-state index in [0.29, 0.717) is 40.4 Å². The van der Waals surface area contributed by atoms with Crippen molar-refractivity contribution in [1.29, 1.82) is 0 Å². The number of carbonyl (C=O) groups excluding carboxylic acids is 1. The van der Waals surface area contributed by atoms with E-state index in [1.54, 1.807) is 25.2 Å². The molecule has 4 aromatic rings. The third kappa shape index (κ3) is 3.10. The molecule has 3 heterocycles. The van der Waals surface area contributed by atoms with E-state index in [1.807, 2.05) is 6.07 Å². The number of H-pyrrole nitrogens is 2. The maximum absolute atomic E-state index is 14.1. The van der Waals surface area contributed by atoms with E-state index in [1.165, 1.54) is 4.90 Å². The van der Waals surface area contributed by atoms with Crippen LogP contribution in [0, 0.1) is 11.6 Å². The molecular weight excluding hydrogens is 426 g/mol. The fraction of sp³-hybridized carbons (Fsp3) is 0.182. The van der Waals surface area contributed by atoms with Gasteiger partial charge in [0.1, 0.15) is 5.69 Å². The molecule has 0 fully saturated rings. The molecule has 1 atom stereocenters. The number of nitrogens with zero attached hydrogens (tertiary/aromatic N) is 1. The summed E-state index contributed by atoms with van der Waals surface area (Å²) in [4.78, 5) is 33.0. The molecule has 2 aromatic heterocycles. The van der Waals surface area contributed by atoms with Crippen molar-refractivity contribution in [2.45, 2.75) is 12.6 Å². The number of hydrogen-bond donors (Lipinski definition) is 3. The van der Waals surface area contributed by atoms with Crippen molar-refractivity contribution in [1.82, 2.24) is 20.2 Å². The molecule has 1 amide bonds. The van der Waals surface area contributed by atoms with Gasteiger partial charge in [-0.1, -0.05) is 17.7 Å². The summed E-state index contributed by atoms with van der Waals surface area (Å²) >= 11 is 6.22. The van der Waals surface area contributed by atoms with Crippen molar-refractivity contribution in [2.75, 3.05) is 13.6 Å². The van der Waals surface area contributed by atoms with Gasteiger partial charge in [0.2, 0.25) is 0 Å². The van der Waals surface area contributed by atoms with Gasteiger partial charge in [-0.05, 0) is 35.7 Å². The summed E-state index contributed by atoms with van der Waals surface area (Å²) in [5.41, 5.74) is 1.72. The normalized spacial score (nSPS) is 15.9. The van der Waals surface area contributed by atoms with Gasteiger partial charge in [0.05, 0.1) is 11.4 Å². The van der Waals surface area contributed by atoms with Crippen molar-refractivity contribution in [3.05, 3.63) is 80.4 Å². The average Bonchev–Trinajstić information content (AvgIpc) is 3.19. The first-order valence-electron chi connectivity index (χ1n) is 9.64. The van der Waals surface area contributed by atoms with Crippen LogP contribution in [0.5, 0.6) is 0 Å². The molecule has 1 aliphatic heterocycles. The minimum Gasteiger partial charge on any atom is -0.350 e. The molecule has 0 saturated heterocycles. The number of nitrogens with one attached hydrogen (secondary N) is 3. The van der Waals surface area contributed by atoms with E-state index in [9.17, 15) is 18.4 Å². The van der Waals surface area contributed by atoms with Crippen molar-refractivity contribution in [3.63, 3.8) is 0 Å². The summed E-state index contributed by atoms with van der Waals surface area (Å²) in [7, 11) is 1.63. The van der Waals surface area contributed by atoms with Gasteiger partial charge in [0.15, 0.2) is 11.6 Å². The quantitative estimate of drug-likeness (QED) is 0.441. The molecule has 0 saturated carbocycles. The molecule has 0 radical (unpaired) electrons. The molecule has 158 valence electrons. The van der Waals surface area contributed by atoms with E-state index in [2.05, 4.69) is 15.3 Å². The Balaban J connectivity index is 1.62. The smallest absolute Gasteiger partial charge is 0.270 e. The van der Waals surface area contributed by atoms with Crippen LogP contribution in [0.15, 0.2) is 41.2 Å². The second-order valence-corrected chi connectivity index (χ2v) is 8.01. The van der Waals surface area contributed by atoms with Gasteiger partial charge in [-0.2, -0.15) is 0 Å². The number of aromatic amines is 2. The Labute approximate surface area is 179 Å². The first kappa shape index (κ1) is 19.7. The van der Waals surface area contributed by atoms with Gasteiger partial charge < -0.3 is 20.2 Å². The lowest BCUT2D eigenvalue weighted by Gasteiger charge is -2.34. The number of aromatic nitrogens is 2. The first-order chi connectivity index (χ1) is 14.8. The van der Waals surface area contributed by atoms with Gasteiger partial charge in [-0.3, -0.25) is 9.59 Å². The van der Waals surface area contributed by atoms with Gasteiger partial charge >= 0.3 is 0 Å². The highest BCUT2D eigenvalue weighted by Crippen LogP contribution is 2.33. The summed E-state index contributed by atoms with van der Waals surface area (Å²) in [5, 5.41) is 4.77. The van der Waals surface area contributed by atoms with Crippen LogP contribution in [0.3, 0.4) is 0 Å². The minimum atomic E-state index is -1.09. The second kappa shape index (κ2) is 7.18. The molecule has 2 aromatic carbocycles. The molecule has 1 unspecified atom stereocenters. The lowest BCUT2D eigenvalue weighted by molar-refractivity contribution is 0.0718. The lowest BCUT2D eigenvalue weighted by atomic mass is 9.93.